The van der Waals surface area contributed by atoms with Crippen LogP contribution in [-0.4, -0.2) is 58.9 Å². The Morgan fingerprint density at radius 2 is 1.47 bits per heavy atom. The van der Waals surface area contributed by atoms with Crippen LogP contribution in [0.25, 0.3) is 5.82 Å². The first-order chi connectivity index (χ1) is 15.1. The van der Waals surface area contributed by atoms with Crippen molar-refractivity contribution in [1.29, 1.82) is 0 Å². The van der Waals surface area contributed by atoms with Gasteiger partial charge in [-0.2, -0.15) is 22.6 Å². The molecule has 0 saturated carbocycles. The summed E-state index contributed by atoms with van der Waals surface area (Å²) in [4.78, 5) is 1.75. The summed E-state index contributed by atoms with van der Waals surface area (Å²) in [6.45, 7) is 4.95. The Bertz CT molecular complexity index is 1200. The van der Waals surface area contributed by atoms with E-state index in [1.165, 1.54) is 4.31 Å². The second kappa shape index (κ2) is 8.17. The van der Waals surface area contributed by atoms with Crippen LogP contribution >= 0.6 is 0 Å². The van der Waals surface area contributed by atoms with E-state index in [1.807, 2.05) is 24.8 Å². The molecule has 3 aromatic rings. The van der Waals surface area contributed by atoms with E-state index >= 15 is 0 Å². The van der Waals surface area contributed by atoms with Crippen molar-refractivity contribution in [3.8, 4) is 5.82 Å². The van der Waals surface area contributed by atoms with E-state index in [0.717, 1.165) is 35.7 Å². The molecule has 12 heteroatoms. The number of alkyl halides is 3. The zero-order valence-electron chi connectivity index (χ0n) is 17.4. The third-order valence-corrected chi connectivity index (χ3v) is 7.16. The Kier molecular flexibility index (Phi) is 5.67. The summed E-state index contributed by atoms with van der Waals surface area (Å²) in [5.74, 6) is 1.20. The van der Waals surface area contributed by atoms with Crippen LogP contribution in [0.4, 0.5) is 19.0 Å². The molecule has 1 aliphatic heterocycles. The van der Waals surface area contributed by atoms with Gasteiger partial charge >= 0.3 is 6.18 Å². The summed E-state index contributed by atoms with van der Waals surface area (Å²) >= 11 is 0. The number of nitrogens with zero attached hydrogens (tertiary/aromatic N) is 6. The molecule has 170 valence electrons. The molecule has 1 aromatic carbocycles. The molecular weight excluding hydrogens is 445 g/mol. The second-order valence-corrected chi connectivity index (χ2v) is 9.44. The molecule has 0 aliphatic carbocycles. The van der Waals surface area contributed by atoms with Gasteiger partial charge in [0.2, 0.25) is 10.0 Å². The maximum absolute atomic E-state index is 12.8. The van der Waals surface area contributed by atoms with E-state index in [4.69, 9.17) is 0 Å². The lowest BCUT2D eigenvalue weighted by Crippen LogP contribution is -2.49. The van der Waals surface area contributed by atoms with Gasteiger partial charge in [-0.15, -0.1) is 10.2 Å². The van der Waals surface area contributed by atoms with Crippen LogP contribution in [0.5, 0.6) is 0 Å². The lowest BCUT2D eigenvalue weighted by Gasteiger charge is -2.34. The molecule has 4 rings (SSSR count). The molecule has 2 aromatic heterocycles. The van der Waals surface area contributed by atoms with Gasteiger partial charge in [0.05, 0.1) is 16.2 Å². The number of rotatable bonds is 4. The minimum Gasteiger partial charge on any atom is -0.352 e. The van der Waals surface area contributed by atoms with Crippen LogP contribution in [0.1, 0.15) is 17.0 Å². The molecule has 0 atom stereocenters. The van der Waals surface area contributed by atoms with Crippen molar-refractivity contribution in [3.05, 3.63) is 59.4 Å². The summed E-state index contributed by atoms with van der Waals surface area (Å²) in [7, 11) is -3.88. The fourth-order valence-electron chi connectivity index (χ4n) is 3.58. The van der Waals surface area contributed by atoms with E-state index in [0.29, 0.717) is 24.7 Å². The van der Waals surface area contributed by atoms with E-state index in [-0.39, 0.29) is 18.0 Å². The number of benzene rings is 1. The first-order valence-corrected chi connectivity index (χ1v) is 11.3. The normalized spacial score (nSPS) is 15.8. The van der Waals surface area contributed by atoms with Crippen LogP contribution in [0, 0.1) is 13.8 Å². The van der Waals surface area contributed by atoms with Gasteiger partial charge in [-0.05, 0) is 56.3 Å². The quantitative estimate of drug-likeness (QED) is 0.588. The number of piperazine rings is 1. The SMILES string of the molecule is Cc1cc(C)n(-c2ccc(N3CCN(S(=O)(=O)c4ccc(C(F)(F)F)cc4)CC3)nn2)n1. The number of aryl methyl sites for hydroxylation is 2. The zero-order valence-corrected chi connectivity index (χ0v) is 18.2. The van der Waals surface area contributed by atoms with Gasteiger partial charge < -0.3 is 4.90 Å². The van der Waals surface area contributed by atoms with Gasteiger partial charge in [-0.25, -0.2) is 13.1 Å². The van der Waals surface area contributed by atoms with Crippen LogP contribution in [0.2, 0.25) is 0 Å². The topological polar surface area (TPSA) is 84.2 Å². The van der Waals surface area contributed by atoms with Crippen LogP contribution in [0.3, 0.4) is 0 Å². The summed E-state index contributed by atoms with van der Waals surface area (Å²) in [6, 6.07) is 9.09. The molecule has 8 nitrogen and oxygen atoms in total. The molecule has 0 N–H and O–H groups in total. The number of aromatic nitrogens is 4. The number of hydrogen-bond acceptors (Lipinski definition) is 6. The van der Waals surface area contributed by atoms with Crippen LogP contribution < -0.4 is 4.90 Å². The average molecular weight is 466 g/mol. The van der Waals surface area contributed by atoms with Crippen LogP contribution in [-0.2, 0) is 16.2 Å². The molecule has 0 bridgehead atoms. The Morgan fingerprint density at radius 1 is 0.875 bits per heavy atom. The van der Waals surface area contributed by atoms with Crippen molar-refractivity contribution in [1.82, 2.24) is 24.3 Å². The lowest BCUT2D eigenvalue weighted by atomic mass is 10.2. The summed E-state index contributed by atoms with van der Waals surface area (Å²) in [5, 5.41) is 12.8. The van der Waals surface area contributed by atoms with E-state index in [2.05, 4.69) is 15.3 Å². The Balaban J connectivity index is 1.43. The number of sulfonamides is 1. The highest BCUT2D eigenvalue weighted by atomic mass is 32.2. The maximum Gasteiger partial charge on any atom is 0.416 e. The summed E-state index contributed by atoms with van der Waals surface area (Å²) in [6.07, 6.45) is -4.51. The minimum absolute atomic E-state index is 0.159. The van der Waals surface area contributed by atoms with Crippen molar-refractivity contribution in [2.45, 2.75) is 24.9 Å². The molecule has 1 fully saturated rings. The monoisotopic (exact) mass is 466 g/mol. The smallest absolute Gasteiger partial charge is 0.352 e. The van der Waals surface area contributed by atoms with E-state index < -0.39 is 21.8 Å². The first kappa shape index (κ1) is 22.2. The van der Waals surface area contributed by atoms with Crippen molar-refractivity contribution < 1.29 is 21.6 Å². The fraction of sp³-hybridized carbons (Fsp3) is 0.350. The van der Waals surface area contributed by atoms with E-state index in [1.54, 1.807) is 16.8 Å². The van der Waals surface area contributed by atoms with Crippen LogP contribution in [0.15, 0.2) is 47.4 Å². The number of hydrogen-bond donors (Lipinski definition) is 0. The van der Waals surface area contributed by atoms with Gasteiger partial charge in [0.1, 0.15) is 0 Å². The predicted octanol–water partition coefficient (Wildman–Crippen LogP) is 2.81. The molecule has 0 spiro atoms. The standard InChI is InChI=1S/C20H21F3N6O2S/c1-14-13-15(2)29(26-14)19-8-7-18(24-25-19)27-9-11-28(12-10-27)32(30,31)17-5-3-16(4-6-17)20(21,22)23/h3-8,13H,9-12H2,1-2H3. The Hall–Kier alpha value is -2.99. The highest BCUT2D eigenvalue weighted by Crippen LogP contribution is 2.30. The average Bonchev–Trinajstić information content (AvgIpc) is 3.11. The molecule has 0 unspecified atom stereocenters. The molecule has 1 aliphatic rings. The van der Waals surface area contributed by atoms with Gasteiger partial charge in [0.15, 0.2) is 11.6 Å². The first-order valence-electron chi connectivity index (χ1n) is 9.85. The van der Waals surface area contributed by atoms with Gasteiger partial charge in [-0.1, -0.05) is 0 Å². The third kappa shape index (κ3) is 4.32. The highest BCUT2D eigenvalue weighted by Gasteiger charge is 2.32. The van der Waals surface area contributed by atoms with Crippen molar-refractivity contribution >= 4 is 15.8 Å². The number of anilines is 1. The second-order valence-electron chi connectivity index (χ2n) is 7.50. The maximum atomic E-state index is 12.8. The van der Waals surface area contributed by atoms with Crippen molar-refractivity contribution in [2.75, 3.05) is 31.1 Å². The molecule has 32 heavy (non-hydrogen) atoms. The minimum atomic E-state index is -4.51. The third-order valence-electron chi connectivity index (χ3n) is 5.25. The molecular formula is C20H21F3N6O2S. The highest BCUT2D eigenvalue weighted by molar-refractivity contribution is 7.89. The van der Waals surface area contributed by atoms with Crippen molar-refractivity contribution in [2.24, 2.45) is 0 Å². The lowest BCUT2D eigenvalue weighted by molar-refractivity contribution is -0.137. The Morgan fingerprint density at radius 3 is 1.97 bits per heavy atom. The molecule has 0 radical (unpaired) electrons. The van der Waals surface area contributed by atoms with Crippen molar-refractivity contribution in [3.63, 3.8) is 0 Å². The Labute approximate surface area is 183 Å². The predicted molar refractivity (Wildman–Crippen MR) is 111 cm³/mol. The summed E-state index contributed by atoms with van der Waals surface area (Å²) in [5.41, 5.74) is 0.925. The van der Waals surface area contributed by atoms with Gasteiger partial charge in [0.25, 0.3) is 0 Å². The number of halogens is 3. The summed E-state index contributed by atoms with van der Waals surface area (Å²) < 4.78 is 66.8. The molecule has 1 saturated heterocycles. The van der Waals surface area contributed by atoms with Gasteiger partial charge in [0, 0.05) is 31.9 Å². The van der Waals surface area contributed by atoms with E-state index in [9.17, 15) is 21.6 Å². The zero-order chi connectivity index (χ0) is 23.1. The molecule has 3 heterocycles. The molecule has 0 amide bonds. The fourth-order valence-corrected chi connectivity index (χ4v) is 5.01. The van der Waals surface area contributed by atoms with Gasteiger partial charge in [-0.3, -0.25) is 0 Å². The largest absolute Gasteiger partial charge is 0.416 e.